The Balaban J connectivity index is 1.37. The second-order valence-electron chi connectivity index (χ2n) is 8.60. The van der Waals surface area contributed by atoms with Gasteiger partial charge < -0.3 is 14.5 Å². The van der Waals surface area contributed by atoms with Crippen LogP contribution < -0.4 is 0 Å². The van der Waals surface area contributed by atoms with Crippen molar-refractivity contribution in [3.05, 3.63) is 47.8 Å². The Morgan fingerprint density at radius 3 is 2.69 bits per heavy atom. The van der Waals surface area contributed by atoms with Gasteiger partial charge in [-0.3, -0.25) is 4.79 Å². The smallest absolute Gasteiger partial charge is 0.227 e. The van der Waals surface area contributed by atoms with E-state index in [0.717, 1.165) is 68.9 Å². The van der Waals surface area contributed by atoms with E-state index in [9.17, 15) is 4.79 Å². The van der Waals surface area contributed by atoms with Gasteiger partial charge in [0.1, 0.15) is 5.60 Å². The van der Waals surface area contributed by atoms with Gasteiger partial charge in [-0.15, -0.1) is 0 Å². The molecule has 0 aliphatic carbocycles. The van der Waals surface area contributed by atoms with Crippen molar-refractivity contribution in [2.45, 2.75) is 31.3 Å². The highest BCUT2D eigenvalue weighted by molar-refractivity contribution is 5.79. The third-order valence-electron chi connectivity index (χ3n) is 6.70. The average molecular weight is 393 g/mol. The normalized spacial score (nSPS) is 23.9. The Kier molecular flexibility index (Phi) is 4.84. The first-order valence-corrected chi connectivity index (χ1v) is 10.7. The number of carbonyl (C=O) groups is 1. The summed E-state index contributed by atoms with van der Waals surface area (Å²) in [5.74, 6) is 1.22. The SMILES string of the molecule is CN1CCC(C(=O)N2CCC3(CC2)OCCc2cnc(-c4ccccc4)nc23)C1. The van der Waals surface area contributed by atoms with Crippen LogP contribution in [0.1, 0.15) is 30.5 Å². The van der Waals surface area contributed by atoms with Gasteiger partial charge in [0, 0.05) is 31.4 Å². The summed E-state index contributed by atoms with van der Waals surface area (Å²) in [7, 11) is 2.09. The molecular formula is C23H28N4O2. The topological polar surface area (TPSA) is 58.6 Å². The minimum absolute atomic E-state index is 0.153. The van der Waals surface area contributed by atoms with Crippen LogP contribution in [0.15, 0.2) is 36.5 Å². The van der Waals surface area contributed by atoms with Gasteiger partial charge in [0.15, 0.2) is 5.82 Å². The molecule has 0 saturated carbocycles. The van der Waals surface area contributed by atoms with Crippen molar-refractivity contribution >= 4 is 5.91 Å². The molecule has 29 heavy (non-hydrogen) atoms. The first kappa shape index (κ1) is 18.7. The zero-order chi connectivity index (χ0) is 19.8. The number of piperidine rings is 1. The molecule has 4 heterocycles. The van der Waals surface area contributed by atoms with Crippen LogP contribution in [0.25, 0.3) is 11.4 Å². The van der Waals surface area contributed by atoms with E-state index in [-0.39, 0.29) is 11.5 Å². The van der Waals surface area contributed by atoms with Gasteiger partial charge >= 0.3 is 0 Å². The van der Waals surface area contributed by atoms with E-state index < -0.39 is 0 Å². The molecule has 1 amide bonds. The number of amides is 1. The molecule has 0 radical (unpaired) electrons. The standard InChI is InChI=1S/C23H28N4O2/c1-26-11-7-19(16-26)22(28)27-12-9-23(10-13-27)20-18(8-14-29-23)15-24-21(25-20)17-5-3-2-4-6-17/h2-6,15,19H,7-14,16H2,1H3. The Morgan fingerprint density at radius 2 is 1.97 bits per heavy atom. The van der Waals surface area contributed by atoms with Gasteiger partial charge in [0.2, 0.25) is 5.91 Å². The summed E-state index contributed by atoms with van der Waals surface area (Å²) in [6.07, 6.45) is 5.41. The number of likely N-dealkylation sites (tertiary alicyclic amines) is 2. The zero-order valence-corrected chi connectivity index (χ0v) is 17.0. The molecule has 1 aromatic heterocycles. The maximum Gasteiger partial charge on any atom is 0.227 e. The molecule has 2 saturated heterocycles. The lowest BCUT2D eigenvalue weighted by Gasteiger charge is -2.44. The Hall–Kier alpha value is -2.31. The van der Waals surface area contributed by atoms with Crippen molar-refractivity contribution in [2.75, 3.05) is 39.8 Å². The van der Waals surface area contributed by atoms with E-state index in [4.69, 9.17) is 9.72 Å². The number of benzene rings is 1. The van der Waals surface area contributed by atoms with E-state index in [1.807, 2.05) is 41.4 Å². The minimum Gasteiger partial charge on any atom is -0.368 e. The van der Waals surface area contributed by atoms with Crippen LogP contribution >= 0.6 is 0 Å². The van der Waals surface area contributed by atoms with Crippen LogP contribution in [-0.2, 0) is 21.6 Å². The van der Waals surface area contributed by atoms with E-state index in [1.54, 1.807) is 0 Å². The van der Waals surface area contributed by atoms with Gasteiger partial charge in [0.25, 0.3) is 0 Å². The van der Waals surface area contributed by atoms with Crippen LogP contribution in [0, 0.1) is 5.92 Å². The van der Waals surface area contributed by atoms with Gasteiger partial charge in [-0.1, -0.05) is 30.3 Å². The third kappa shape index (κ3) is 3.45. The highest BCUT2D eigenvalue weighted by atomic mass is 16.5. The van der Waals surface area contributed by atoms with E-state index in [0.29, 0.717) is 12.5 Å². The number of nitrogens with zero attached hydrogens (tertiary/aromatic N) is 4. The van der Waals surface area contributed by atoms with Crippen molar-refractivity contribution in [3.63, 3.8) is 0 Å². The van der Waals surface area contributed by atoms with Gasteiger partial charge in [-0.05, 0) is 44.8 Å². The minimum atomic E-state index is -0.386. The Morgan fingerprint density at radius 1 is 1.17 bits per heavy atom. The van der Waals surface area contributed by atoms with E-state index in [2.05, 4.69) is 16.9 Å². The largest absolute Gasteiger partial charge is 0.368 e. The number of hydrogen-bond acceptors (Lipinski definition) is 5. The number of ether oxygens (including phenoxy) is 1. The predicted octanol–water partition coefficient (Wildman–Crippen LogP) is 2.49. The average Bonchev–Trinajstić information content (AvgIpc) is 3.21. The second kappa shape index (κ2) is 7.50. The Bertz CT molecular complexity index is 893. The zero-order valence-electron chi connectivity index (χ0n) is 17.0. The molecule has 0 N–H and O–H groups in total. The van der Waals surface area contributed by atoms with E-state index >= 15 is 0 Å². The molecular weight excluding hydrogens is 364 g/mol. The summed E-state index contributed by atoms with van der Waals surface area (Å²) < 4.78 is 6.36. The summed E-state index contributed by atoms with van der Waals surface area (Å²) in [5.41, 5.74) is 2.86. The maximum absolute atomic E-state index is 12.9. The lowest BCUT2D eigenvalue weighted by molar-refractivity contribution is -0.144. The first-order chi connectivity index (χ1) is 14.1. The molecule has 6 heteroatoms. The molecule has 0 bridgehead atoms. The van der Waals surface area contributed by atoms with Gasteiger partial charge in [-0.2, -0.15) is 0 Å². The van der Waals surface area contributed by atoms with Crippen molar-refractivity contribution in [3.8, 4) is 11.4 Å². The number of carbonyl (C=O) groups excluding carboxylic acids is 1. The van der Waals surface area contributed by atoms with Crippen molar-refractivity contribution < 1.29 is 9.53 Å². The number of hydrogen-bond donors (Lipinski definition) is 0. The molecule has 3 aliphatic rings. The molecule has 1 spiro atoms. The lowest BCUT2D eigenvalue weighted by Crippen LogP contribution is -2.50. The molecule has 6 nitrogen and oxygen atoms in total. The molecule has 1 atom stereocenters. The predicted molar refractivity (Wildman–Crippen MR) is 110 cm³/mol. The van der Waals surface area contributed by atoms with Crippen LogP contribution in [0.2, 0.25) is 0 Å². The first-order valence-electron chi connectivity index (χ1n) is 10.7. The van der Waals surface area contributed by atoms with Crippen LogP contribution in [-0.4, -0.2) is 65.5 Å². The summed E-state index contributed by atoms with van der Waals surface area (Å²) >= 11 is 0. The van der Waals surface area contributed by atoms with Crippen LogP contribution in [0.4, 0.5) is 0 Å². The lowest BCUT2D eigenvalue weighted by atomic mass is 9.83. The summed E-state index contributed by atoms with van der Waals surface area (Å²) in [5, 5.41) is 0. The second-order valence-corrected chi connectivity index (χ2v) is 8.60. The van der Waals surface area contributed by atoms with E-state index in [1.165, 1.54) is 5.56 Å². The number of rotatable bonds is 2. The summed E-state index contributed by atoms with van der Waals surface area (Å²) in [4.78, 5) is 26.8. The molecule has 1 aromatic carbocycles. The van der Waals surface area contributed by atoms with Crippen molar-refractivity contribution in [2.24, 2.45) is 5.92 Å². The highest BCUT2D eigenvalue weighted by Crippen LogP contribution is 2.41. The highest BCUT2D eigenvalue weighted by Gasteiger charge is 2.44. The monoisotopic (exact) mass is 392 g/mol. The Labute approximate surface area is 171 Å². The van der Waals surface area contributed by atoms with Crippen LogP contribution in [0.5, 0.6) is 0 Å². The van der Waals surface area contributed by atoms with Crippen molar-refractivity contribution in [1.82, 2.24) is 19.8 Å². The fraction of sp³-hybridized carbons (Fsp3) is 0.522. The summed E-state index contributed by atoms with van der Waals surface area (Å²) in [6, 6.07) is 10.1. The van der Waals surface area contributed by atoms with Gasteiger partial charge in [-0.25, -0.2) is 9.97 Å². The van der Waals surface area contributed by atoms with Crippen LogP contribution in [0.3, 0.4) is 0 Å². The number of fused-ring (bicyclic) bond motifs is 2. The van der Waals surface area contributed by atoms with Gasteiger partial charge in [0.05, 0.1) is 18.2 Å². The fourth-order valence-electron chi connectivity index (χ4n) is 5.00. The molecule has 5 rings (SSSR count). The molecule has 2 aromatic rings. The molecule has 3 aliphatic heterocycles. The third-order valence-corrected chi connectivity index (χ3v) is 6.70. The van der Waals surface area contributed by atoms with Crippen molar-refractivity contribution in [1.29, 1.82) is 0 Å². The molecule has 152 valence electrons. The fourth-order valence-corrected chi connectivity index (χ4v) is 5.00. The molecule has 2 fully saturated rings. The maximum atomic E-state index is 12.9. The number of aromatic nitrogens is 2. The quantitative estimate of drug-likeness (QED) is 0.786. The summed E-state index contributed by atoms with van der Waals surface area (Å²) in [6.45, 7) is 4.08. The molecule has 1 unspecified atom stereocenters.